The van der Waals surface area contributed by atoms with E-state index in [2.05, 4.69) is 15.6 Å². The highest BCUT2D eigenvalue weighted by atomic mass is 32.1. The average molecular weight is 385 g/mol. The zero-order valence-corrected chi connectivity index (χ0v) is 15.2. The molecular weight excluding hydrogens is 369 g/mol. The Morgan fingerprint density at radius 1 is 1.19 bits per heavy atom. The number of rotatable bonds is 5. The van der Waals surface area contributed by atoms with Gasteiger partial charge < -0.3 is 20.1 Å². The Labute approximate surface area is 159 Å². The van der Waals surface area contributed by atoms with E-state index in [9.17, 15) is 9.18 Å². The maximum atomic E-state index is 13.0. The number of amides is 1. The number of anilines is 2. The standard InChI is InChI=1S/C19H16FN3O3S/c1-11-17(27-19(22-11)23-14-5-3-13(20)4-6-14)18(24)21-9-12-2-7-15-16(8-12)26-10-25-15/h2-8H,9-10H2,1H3,(H,21,24)(H,22,23). The fourth-order valence-electron chi connectivity index (χ4n) is 2.63. The maximum absolute atomic E-state index is 13.0. The first kappa shape index (κ1) is 17.3. The van der Waals surface area contributed by atoms with Gasteiger partial charge in [-0.15, -0.1) is 0 Å². The maximum Gasteiger partial charge on any atom is 0.263 e. The van der Waals surface area contributed by atoms with Crippen LogP contribution in [-0.4, -0.2) is 17.7 Å². The highest BCUT2D eigenvalue weighted by molar-refractivity contribution is 7.17. The fraction of sp³-hybridized carbons (Fsp3) is 0.158. The lowest BCUT2D eigenvalue weighted by Gasteiger charge is -2.05. The van der Waals surface area contributed by atoms with Gasteiger partial charge in [0.05, 0.1) is 5.69 Å². The van der Waals surface area contributed by atoms with Crippen LogP contribution in [0, 0.1) is 12.7 Å². The van der Waals surface area contributed by atoms with E-state index in [1.165, 1.54) is 23.5 Å². The summed E-state index contributed by atoms with van der Waals surface area (Å²) < 4.78 is 23.6. The van der Waals surface area contributed by atoms with E-state index in [0.29, 0.717) is 39.4 Å². The number of hydrogen-bond acceptors (Lipinski definition) is 6. The first-order valence-electron chi connectivity index (χ1n) is 8.25. The van der Waals surface area contributed by atoms with Crippen LogP contribution >= 0.6 is 11.3 Å². The third kappa shape index (κ3) is 3.85. The Hall–Kier alpha value is -3.13. The van der Waals surface area contributed by atoms with Crippen LogP contribution < -0.4 is 20.1 Å². The lowest BCUT2D eigenvalue weighted by atomic mass is 10.2. The predicted molar refractivity (Wildman–Crippen MR) is 100 cm³/mol. The summed E-state index contributed by atoms with van der Waals surface area (Å²) in [6.07, 6.45) is 0. The Bertz CT molecular complexity index is 988. The van der Waals surface area contributed by atoms with E-state index < -0.39 is 0 Å². The van der Waals surface area contributed by atoms with Crippen LogP contribution in [0.5, 0.6) is 11.5 Å². The summed E-state index contributed by atoms with van der Waals surface area (Å²) in [4.78, 5) is 17.4. The van der Waals surface area contributed by atoms with E-state index in [1.807, 2.05) is 18.2 Å². The summed E-state index contributed by atoms with van der Waals surface area (Å²) in [6, 6.07) is 11.5. The van der Waals surface area contributed by atoms with Crippen molar-refractivity contribution in [3.8, 4) is 11.5 Å². The summed E-state index contributed by atoms with van der Waals surface area (Å²) in [6.45, 7) is 2.37. The molecule has 1 aromatic heterocycles. The van der Waals surface area contributed by atoms with Crippen LogP contribution in [0.25, 0.3) is 0 Å². The number of thiazole rings is 1. The smallest absolute Gasteiger partial charge is 0.263 e. The molecular formula is C19H16FN3O3S. The number of halogens is 1. The molecule has 1 aliphatic rings. The molecule has 2 aromatic carbocycles. The van der Waals surface area contributed by atoms with Gasteiger partial charge in [-0.2, -0.15) is 0 Å². The number of nitrogens with zero attached hydrogens (tertiary/aromatic N) is 1. The van der Waals surface area contributed by atoms with Crippen molar-refractivity contribution in [1.82, 2.24) is 10.3 Å². The van der Waals surface area contributed by atoms with Gasteiger partial charge in [0, 0.05) is 12.2 Å². The largest absolute Gasteiger partial charge is 0.454 e. The van der Waals surface area contributed by atoms with Crippen molar-refractivity contribution >= 4 is 28.1 Å². The minimum absolute atomic E-state index is 0.199. The zero-order chi connectivity index (χ0) is 18.8. The molecule has 8 heteroatoms. The number of aromatic nitrogens is 1. The molecule has 0 fully saturated rings. The quantitative estimate of drug-likeness (QED) is 0.695. The van der Waals surface area contributed by atoms with Gasteiger partial charge in [0.1, 0.15) is 10.7 Å². The average Bonchev–Trinajstić information content (AvgIpc) is 3.27. The second kappa shape index (κ2) is 7.24. The molecule has 6 nitrogen and oxygen atoms in total. The number of fused-ring (bicyclic) bond motifs is 1. The summed E-state index contributed by atoms with van der Waals surface area (Å²) in [5.74, 6) is 0.885. The second-order valence-electron chi connectivity index (χ2n) is 5.94. The molecule has 138 valence electrons. The molecule has 0 radical (unpaired) electrons. The lowest BCUT2D eigenvalue weighted by molar-refractivity contribution is 0.0954. The van der Waals surface area contributed by atoms with E-state index >= 15 is 0 Å². The normalized spacial score (nSPS) is 12.1. The third-order valence-electron chi connectivity index (χ3n) is 3.99. The molecule has 0 saturated heterocycles. The van der Waals surface area contributed by atoms with E-state index in [0.717, 1.165) is 5.56 Å². The Balaban J connectivity index is 1.41. The van der Waals surface area contributed by atoms with Crippen LogP contribution in [0.15, 0.2) is 42.5 Å². The molecule has 0 atom stereocenters. The van der Waals surface area contributed by atoms with E-state index in [4.69, 9.17) is 9.47 Å². The minimum atomic E-state index is -0.306. The topological polar surface area (TPSA) is 72.5 Å². The van der Waals surface area contributed by atoms with Crippen molar-refractivity contribution < 1.29 is 18.7 Å². The van der Waals surface area contributed by atoms with Crippen LogP contribution in [0.1, 0.15) is 20.9 Å². The van der Waals surface area contributed by atoms with Crippen molar-refractivity contribution in [3.05, 3.63) is 64.4 Å². The molecule has 1 amide bonds. The van der Waals surface area contributed by atoms with Gasteiger partial charge in [-0.1, -0.05) is 17.4 Å². The van der Waals surface area contributed by atoms with Crippen molar-refractivity contribution in [1.29, 1.82) is 0 Å². The molecule has 27 heavy (non-hydrogen) atoms. The Kier molecular flexibility index (Phi) is 4.64. The van der Waals surface area contributed by atoms with Gasteiger partial charge in [0.15, 0.2) is 16.6 Å². The van der Waals surface area contributed by atoms with Crippen molar-refractivity contribution in [3.63, 3.8) is 0 Å². The van der Waals surface area contributed by atoms with Gasteiger partial charge >= 0.3 is 0 Å². The fourth-order valence-corrected chi connectivity index (χ4v) is 3.53. The monoisotopic (exact) mass is 385 g/mol. The molecule has 0 unspecified atom stereocenters. The summed E-state index contributed by atoms with van der Waals surface area (Å²) in [7, 11) is 0. The highest BCUT2D eigenvalue weighted by Gasteiger charge is 2.17. The number of nitrogens with one attached hydrogen (secondary N) is 2. The molecule has 2 heterocycles. The van der Waals surface area contributed by atoms with Crippen molar-refractivity contribution in [2.75, 3.05) is 12.1 Å². The molecule has 0 saturated carbocycles. The van der Waals surface area contributed by atoms with Gasteiger partial charge in [-0.05, 0) is 48.9 Å². The van der Waals surface area contributed by atoms with Crippen molar-refractivity contribution in [2.45, 2.75) is 13.5 Å². The lowest BCUT2D eigenvalue weighted by Crippen LogP contribution is -2.22. The third-order valence-corrected chi connectivity index (χ3v) is 5.06. The molecule has 3 aromatic rings. The molecule has 1 aliphatic heterocycles. The number of aryl methyl sites for hydroxylation is 1. The molecule has 2 N–H and O–H groups in total. The minimum Gasteiger partial charge on any atom is -0.454 e. The summed E-state index contributed by atoms with van der Waals surface area (Å²) in [5, 5.41) is 6.55. The van der Waals surface area contributed by atoms with Crippen LogP contribution in [0.4, 0.5) is 15.2 Å². The van der Waals surface area contributed by atoms with Crippen LogP contribution in [0.2, 0.25) is 0 Å². The summed E-state index contributed by atoms with van der Waals surface area (Å²) >= 11 is 1.25. The van der Waals surface area contributed by atoms with Crippen molar-refractivity contribution in [2.24, 2.45) is 0 Å². The first-order valence-corrected chi connectivity index (χ1v) is 9.07. The number of hydrogen-bond donors (Lipinski definition) is 2. The number of benzene rings is 2. The van der Waals surface area contributed by atoms with Crippen LogP contribution in [0.3, 0.4) is 0 Å². The first-order chi connectivity index (χ1) is 13.1. The van der Waals surface area contributed by atoms with E-state index in [-0.39, 0.29) is 18.5 Å². The summed E-state index contributed by atoms with van der Waals surface area (Å²) in [5.41, 5.74) is 2.25. The van der Waals surface area contributed by atoms with Crippen LogP contribution in [-0.2, 0) is 6.54 Å². The molecule has 0 aliphatic carbocycles. The van der Waals surface area contributed by atoms with E-state index in [1.54, 1.807) is 19.1 Å². The van der Waals surface area contributed by atoms with Gasteiger partial charge in [0.25, 0.3) is 5.91 Å². The number of carbonyl (C=O) groups excluding carboxylic acids is 1. The Morgan fingerprint density at radius 3 is 2.78 bits per heavy atom. The molecule has 4 rings (SSSR count). The molecule has 0 spiro atoms. The number of carbonyl (C=O) groups is 1. The highest BCUT2D eigenvalue weighted by Crippen LogP contribution is 2.32. The zero-order valence-electron chi connectivity index (χ0n) is 14.4. The second-order valence-corrected chi connectivity index (χ2v) is 6.93. The SMILES string of the molecule is Cc1nc(Nc2ccc(F)cc2)sc1C(=O)NCc1ccc2c(c1)OCO2. The number of ether oxygens (including phenoxy) is 2. The predicted octanol–water partition coefficient (Wildman–Crippen LogP) is 3.99. The Morgan fingerprint density at radius 2 is 1.96 bits per heavy atom. The van der Waals surface area contributed by atoms with Gasteiger partial charge in [-0.25, -0.2) is 9.37 Å². The van der Waals surface area contributed by atoms with Gasteiger partial charge in [-0.3, -0.25) is 4.79 Å². The van der Waals surface area contributed by atoms with Gasteiger partial charge in [0.2, 0.25) is 6.79 Å². The molecule has 0 bridgehead atoms.